The summed E-state index contributed by atoms with van der Waals surface area (Å²) in [6, 6.07) is 19.9. The average Bonchev–Trinajstić information content (AvgIpc) is 3.69. The number of benzene rings is 4. The predicted molar refractivity (Wildman–Crippen MR) is 192 cm³/mol. The highest BCUT2D eigenvalue weighted by molar-refractivity contribution is 6.02. The van der Waals surface area contributed by atoms with Crippen molar-refractivity contribution < 1.29 is 49.0 Å². The molecule has 2 aliphatic heterocycles. The van der Waals surface area contributed by atoms with Crippen LogP contribution >= 0.6 is 0 Å². The number of methoxy groups -OCH3 is 2. The Labute approximate surface area is 301 Å². The first-order valence-electron chi connectivity index (χ1n) is 17.0. The molecule has 0 aliphatic carbocycles. The lowest BCUT2D eigenvalue weighted by atomic mass is 9.94. The number of anilines is 1. The van der Waals surface area contributed by atoms with Crippen molar-refractivity contribution in [2.24, 2.45) is 5.16 Å². The zero-order valence-electron chi connectivity index (χ0n) is 29.1. The molecule has 6 rings (SSSR count). The number of nitrogens with one attached hydrogen (secondary N) is 2. The highest BCUT2D eigenvalue weighted by atomic mass is 16.6. The SMILES string of the molecule is COc1ccc2c(c1)C(=O)NC(c1ccc(OCCCCOc3cc(C4CC(c5cc(CO)c(CO)c(CO)c5)=NO4)ccc3OC)c(CO)c1)N2. The van der Waals surface area contributed by atoms with Gasteiger partial charge < -0.3 is 54.8 Å². The van der Waals surface area contributed by atoms with Gasteiger partial charge in [0, 0.05) is 23.2 Å². The molecule has 52 heavy (non-hydrogen) atoms. The lowest BCUT2D eigenvalue weighted by molar-refractivity contribution is 0.0854. The molecule has 2 unspecified atom stereocenters. The highest BCUT2D eigenvalue weighted by Crippen LogP contribution is 2.37. The van der Waals surface area contributed by atoms with Crippen molar-refractivity contribution in [3.63, 3.8) is 0 Å². The fraction of sp³-hybridized carbons (Fsp3) is 0.333. The molecular weight excluding hydrogens is 670 g/mol. The van der Waals surface area contributed by atoms with E-state index in [4.69, 9.17) is 23.8 Å². The Balaban J connectivity index is 1.01. The Hall–Kier alpha value is -5.34. The summed E-state index contributed by atoms with van der Waals surface area (Å²) >= 11 is 0. The van der Waals surface area contributed by atoms with Gasteiger partial charge in [0.25, 0.3) is 5.91 Å². The van der Waals surface area contributed by atoms with Gasteiger partial charge in [-0.3, -0.25) is 4.79 Å². The summed E-state index contributed by atoms with van der Waals surface area (Å²) in [7, 11) is 3.13. The van der Waals surface area contributed by atoms with Gasteiger partial charge >= 0.3 is 0 Å². The van der Waals surface area contributed by atoms with Crippen LogP contribution < -0.4 is 29.6 Å². The number of amides is 1. The van der Waals surface area contributed by atoms with Gasteiger partial charge in [0.2, 0.25) is 0 Å². The number of carbonyl (C=O) groups excluding carboxylic acids is 1. The molecule has 2 aliphatic rings. The molecular formula is C39H43N3O10. The van der Waals surface area contributed by atoms with Gasteiger partial charge in [-0.25, -0.2) is 0 Å². The molecule has 2 heterocycles. The normalized spacial score (nSPS) is 16.3. The van der Waals surface area contributed by atoms with Crippen molar-refractivity contribution in [3.05, 3.63) is 111 Å². The van der Waals surface area contributed by atoms with Gasteiger partial charge in [-0.05, 0) is 95.3 Å². The number of oxime groups is 1. The molecule has 1 amide bonds. The molecule has 0 saturated carbocycles. The van der Waals surface area contributed by atoms with Crippen LogP contribution in [-0.4, -0.2) is 59.5 Å². The summed E-state index contributed by atoms with van der Waals surface area (Å²) in [4.78, 5) is 18.6. The van der Waals surface area contributed by atoms with Crippen molar-refractivity contribution in [2.75, 3.05) is 32.8 Å². The summed E-state index contributed by atoms with van der Waals surface area (Å²) in [6.45, 7) is -0.238. The summed E-state index contributed by atoms with van der Waals surface area (Å²) in [5.74, 6) is 2.09. The smallest absolute Gasteiger partial charge is 0.255 e. The third-order valence-corrected chi connectivity index (χ3v) is 9.18. The van der Waals surface area contributed by atoms with E-state index >= 15 is 0 Å². The van der Waals surface area contributed by atoms with Crippen LogP contribution in [0.3, 0.4) is 0 Å². The van der Waals surface area contributed by atoms with Crippen LogP contribution in [0.1, 0.15) is 80.8 Å². The number of nitrogens with zero attached hydrogens (tertiary/aromatic N) is 1. The van der Waals surface area contributed by atoms with Gasteiger partial charge in [0.15, 0.2) is 17.6 Å². The lowest BCUT2D eigenvalue weighted by Gasteiger charge is -2.29. The number of aliphatic hydroxyl groups excluding tert-OH is 4. The van der Waals surface area contributed by atoms with Crippen LogP contribution in [0.2, 0.25) is 0 Å². The fourth-order valence-electron chi connectivity index (χ4n) is 6.33. The first-order chi connectivity index (χ1) is 25.4. The van der Waals surface area contributed by atoms with Crippen molar-refractivity contribution >= 4 is 17.3 Å². The molecule has 274 valence electrons. The molecule has 6 N–H and O–H groups in total. The first kappa shape index (κ1) is 36.5. The minimum atomic E-state index is -0.472. The topological polar surface area (TPSA) is 181 Å². The molecule has 13 nitrogen and oxygen atoms in total. The first-order valence-corrected chi connectivity index (χ1v) is 17.0. The van der Waals surface area contributed by atoms with Crippen molar-refractivity contribution in [3.8, 4) is 23.0 Å². The predicted octanol–water partition coefficient (Wildman–Crippen LogP) is 4.63. The Bertz CT molecular complexity index is 1910. The largest absolute Gasteiger partial charge is 0.497 e. The quantitative estimate of drug-likeness (QED) is 0.0892. The van der Waals surface area contributed by atoms with E-state index in [9.17, 15) is 25.2 Å². The Morgan fingerprint density at radius 2 is 1.42 bits per heavy atom. The summed E-state index contributed by atoms with van der Waals surface area (Å²) in [5, 5.41) is 50.0. The van der Waals surface area contributed by atoms with E-state index in [0.29, 0.717) is 100 Å². The molecule has 2 atom stereocenters. The molecule has 0 spiro atoms. The minimum Gasteiger partial charge on any atom is -0.497 e. The molecule has 13 heteroatoms. The fourth-order valence-corrected chi connectivity index (χ4v) is 6.33. The van der Waals surface area contributed by atoms with E-state index in [0.717, 1.165) is 11.1 Å². The van der Waals surface area contributed by atoms with Gasteiger partial charge in [-0.15, -0.1) is 0 Å². The van der Waals surface area contributed by atoms with Gasteiger partial charge in [-0.1, -0.05) is 17.3 Å². The Morgan fingerprint density at radius 3 is 2.10 bits per heavy atom. The Kier molecular flexibility index (Phi) is 11.8. The monoisotopic (exact) mass is 713 g/mol. The number of unbranched alkanes of at least 4 members (excludes halogenated alkanes) is 1. The van der Waals surface area contributed by atoms with E-state index in [-0.39, 0.29) is 38.4 Å². The maximum absolute atomic E-state index is 12.8. The highest BCUT2D eigenvalue weighted by Gasteiger charge is 2.27. The number of ether oxygens (including phenoxy) is 4. The molecule has 4 aromatic carbocycles. The maximum atomic E-state index is 12.8. The van der Waals surface area contributed by atoms with E-state index < -0.39 is 6.17 Å². The second-order valence-corrected chi connectivity index (χ2v) is 12.4. The van der Waals surface area contributed by atoms with E-state index in [1.54, 1.807) is 50.6 Å². The number of hydrogen-bond donors (Lipinski definition) is 6. The van der Waals surface area contributed by atoms with Crippen molar-refractivity contribution in [1.29, 1.82) is 0 Å². The van der Waals surface area contributed by atoms with Crippen molar-refractivity contribution in [1.82, 2.24) is 5.32 Å². The summed E-state index contributed by atoms with van der Waals surface area (Å²) in [6.07, 6.45) is 1.00. The summed E-state index contributed by atoms with van der Waals surface area (Å²) in [5.41, 5.74) is 6.39. The number of rotatable bonds is 16. The van der Waals surface area contributed by atoms with Crippen LogP contribution in [0.15, 0.2) is 71.9 Å². The average molecular weight is 714 g/mol. The number of hydrogen-bond acceptors (Lipinski definition) is 12. The van der Waals surface area contributed by atoms with Crippen molar-refractivity contribution in [2.45, 2.75) is 58.0 Å². The standard InChI is InChI=1S/C39H43N3O10/c1-48-29-7-8-32-30(17-29)39(47)41-38(40-32)24-6-9-34(28(13-24)21-45)50-11-3-4-12-51-37-16-23(5-10-35(37)49-2)36-18-33(42-52-36)25-14-26(19-43)31(22-46)27(15-25)20-44/h5-10,13-17,36,38,40,43-46H,3-4,11-12,18-22H2,1-2H3,(H,41,47). The molecule has 4 aromatic rings. The number of fused-ring (bicyclic) bond motifs is 1. The van der Waals surface area contributed by atoms with Gasteiger partial charge in [0.05, 0.1) is 65.1 Å². The second-order valence-electron chi connectivity index (χ2n) is 12.4. The number of aliphatic hydroxyl groups is 4. The second kappa shape index (κ2) is 16.8. The van der Waals surface area contributed by atoms with Gasteiger partial charge in [-0.2, -0.15) is 0 Å². The van der Waals surface area contributed by atoms with E-state index in [2.05, 4.69) is 15.8 Å². The lowest BCUT2D eigenvalue weighted by Crippen LogP contribution is -2.38. The van der Waals surface area contributed by atoms with Gasteiger partial charge in [0.1, 0.15) is 17.7 Å². The van der Waals surface area contributed by atoms with Crippen LogP contribution in [0.25, 0.3) is 0 Å². The van der Waals surface area contributed by atoms with Crippen LogP contribution in [0.4, 0.5) is 5.69 Å². The minimum absolute atomic E-state index is 0.220. The van der Waals surface area contributed by atoms with Crippen LogP contribution in [0, 0.1) is 0 Å². The third kappa shape index (κ3) is 7.92. The van der Waals surface area contributed by atoms with Crippen LogP contribution in [-0.2, 0) is 31.3 Å². The molecule has 0 bridgehead atoms. The van der Waals surface area contributed by atoms with Crippen LogP contribution in [0.5, 0.6) is 23.0 Å². The molecule has 0 fully saturated rings. The maximum Gasteiger partial charge on any atom is 0.255 e. The molecule has 0 saturated heterocycles. The van der Waals surface area contributed by atoms with E-state index in [1.165, 1.54) is 0 Å². The molecule has 0 radical (unpaired) electrons. The zero-order chi connectivity index (χ0) is 36.6. The summed E-state index contributed by atoms with van der Waals surface area (Å²) < 4.78 is 22.9. The number of carbonyl (C=O) groups is 1. The van der Waals surface area contributed by atoms with E-state index in [1.807, 2.05) is 30.3 Å². The Morgan fingerprint density at radius 1 is 0.731 bits per heavy atom. The molecule has 0 aromatic heterocycles. The zero-order valence-corrected chi connectivity index (χ0v) is 29.1. The third-order valence-electron chi connectivity index (χ3n) is 9.18.